The van der Waals surface area contributed by atoms with Crippen molar-refractivity contribution in [3.63, 3.8) is 0 Å². The molecule has 1 fully saturated rings. The Morgan fingerprint density at radius 1 is 1.53 bits per heavy atom. The summed E-state index contributed by atoms with van der Waals surface area (Å²) >= 11 is 0. The van der Waals surface area contributed by atoms with Gasteiger partial charge in [-0.2, -0.15) is 0 Å². The Balaban J connectivity index is 2.32. The molecule has 2 aliphatic heterocycles. The summed E-state index contributed by atoms with van der Waals surface area (Å²) in [6, 6.07) is -0.355. The summed E-state index contributed by atoms with van der Waals surface area (Å²) in [5.74, 6) is -2.91. The van der Waals surface area contributed by atoms with Crippen LogP contribution in [0.2, 0.25) is 0 Å². The molecular formula is C12H14N2O5. The Morgan fingerprint density at radius 3 is 2.63 bits per heavy atom. The lowest BCUT2D eigenvalue weighted by molar-refractivity contribution is -0.161. The molecule has 2 heterocycles. The second kappa shape index (κ2) is 4.51. The van der Waals surface area contributed by atoms with Crippen LogP contribution in [0.4, 0.5) is 0 Å². The highest BCUT2D eigenvalue weighted by Gasteiger charge is 2.56. The standard InChI is InChI=1S/C12H14N2O5/c1-5(15)9-7-4-6(2-3-8(13)16)10(12(18)19)14(7)11(9)17/h2-3,5,7,9,15H,4H2,1H3,(H2,13,16)(H,18,19)/t5-,7-,9-/m1/s1. The van der Waals surface area contributed by atoms with E-state index in [-0.39, 0.29) is 11.7 Å². The van der Waals surface area contributed by atoms with Crippen molar-refractivity contribution in [1.29, 1.82) is 0 Å². The lowest BCUT2D eigenvalue weighted by atomic mass is 9.83. The zero-order valence-electron chi connectivity index (χ0n) is 10.2. The average molecular weight is 266 g/mol. The minimum atomic E-state index is -1.23. The summed E-state index contributed by atoms with van der Waals surface area (Å²) in [5.41, 5.74) is 5.20. The van der Waals surface area contributed by atoms with Crippen LogP contribution in [0.25, 0.3) is 0 Å². The average Bonchev–Trinajstić information content (AvgIpc) is 2.60. The summed E-state index contributed by atoms with van der Waals surface area (Å²) < 4.78 is 0. The van der Waals surface area contributed by atoms with Crippen molar-refractivity contribution >= 4 is 17.8 Å². The number of carbonyl (C=O) groups excluding carboxylic acids is 2. The molecule has 0 aromatic carbocycles. The number of aliphatic carboxylic acids is 1. The van der Waals surface area contributed by atoms with Crippen LogP contribution in [0, 0.1) is 5.92 Å². The topological polar surface area (TPSA) is 121 Å². The molecule has 1 saturated heterocycles. The summed E-state index contributed by atoms with van der Waals surface area (Å²) in [7, 11) is 0. The zero-order chi connectivity index (χ0) is 14.3. The van der Waals surface area contributed by atoms with Gasteiger partial charge in [0.25, 0.3) is 0 Å². The molecule has 4 N–H and O–H groups in total. The first-order valence-electron chi connectivity index (χ1n) is 5.79. The first kappa shape index (κ1) is 13.3. The van der Waals surface area contributed by atoms with Gasteiger partial charge in [-0.1, -0.05) is 6.08 Å². The summed E-state index contributed by atoms with van der Waals surface area (Å²) in [4.78, 5) is 34.9. The number of primary amides is 1. The Labute approximate surface area is 109 Å². The van der Waals surface area contributed by atoms with Crippen molar-refractivity contribution < 1.29 is 24.6 Å². The van der Waals surface area contributed by atoms with Gasteiger partial charge in [0.15, 0.2) is 0 Å². The van der Waals surface area contributed by atoms with E-state index >= 15 is 0 Å². The van der Waals surface area contributed by atoms with Gasteiger partial charge in [0, 0.05) is 6.08 Å². The Morgan fingerprint density at radius 2 is 2.16 bits per heavy atom. The molecule has 19 heavy (non-hydrogen) atoms. The SMILES string of the molecule is C[C@@H](O)[C@H]1C(=O)N2C(C(=O)O)=C(C=CC(N)=O)C[C@H]12. The third-order valence-corrected chi connectivity index (χ3v) is 3.41. The molecule has 0 aromatic heterocycles. The van der Waals surface area contributed by atoms with Crippen molar-refractivity contribution in [3.8, 4) is 0 Å². The van der Waals surface area contributed by atoms with Gasteiger partial charge in [0.2, 0.25) is 11.8 Å². The third-order valence-electron chi connectivity index (χ3n) is 3.41. The molecule has 7 heteroatoms. The molecule has 0 saturated carbocycles. The van der Waals surface area contributed by atoms with Gasteiger partial charge in [0.1, 0.15) is 5.70 Å². The second-order valence-corrected chi connectivity index (χ2v) is 4.66. The van der Waals surface area contributed by atoms with Gasteiger partial charge in [-0.15, -0.1) is 0 Å². The molecule has 2 aliphatic rings. The van der Waals surface area contributed by atoms with E-state index in [4.69, 9.17) is 10.8 Å². The maximum Gasteiger partial charge on any atom is 0.352 e. The van der Waals surface area contributed by atoms with Crippen molar-refractivity contribution in [2.75, 3.05) is 0 Å². The van der Waals surface area contributed by atoms with E-state index in [1.807, 2.05) is 0 Å². The first-order valence-corrected chi connectivity index (χ1v) is 5.79. The number of nitrogens with zero attached hydrogens (tertiary/aromatic N) is 1. The number of amides is 2. The highest BCUT2D eigenvalue weighted by molar-refractivity contribution is 6.00. The lowest BCUT2D eigenvalue weighted by Gasteiger charge is -2.44. The fourth-order valence-electron chi connectivity index (χ4n) is 2.64. The van der Waals surface area contributed by atoms with Gasteiger partial charge in [-0.25, -0.2) is 4.79 Å². The van der Waals surface area contributed by atoms with E-state index in [0.29, 0.717) is 12.0 Å². The van der Waals surface area contributed by atoms with Crippen LogP contribution < -0.4 is 5.73 Å². The summed E-state index contributed by atoms with van der Waals surface area (Å²) in [5, 5.41) is 18.7. The molecule has 0 unspecified atom stereocenters. The van der Waals surface area contributed by atoms with E-state index < -0.39 is 29.8 Å². The Kier molecular flexibility index (Phi) is 3.15. The van der Waals surface area contributed by atoms with Gasteiger partial charge < -0.3 is 20.8 Å². The molecule has 3 atom stereocenters. The summed E-state index contributed by atoms with van der Waals surface area (Å²) in [6.07, 6.45) is 1.85. The highest BCUT2D eigenvalue weighted by Crippen LogP contribution is 2.43. The number of carbonyl (C=O) groups is 3. The maximum atomic E-state index is 11.8. The number of aliphatic hydroxyl groups is 1. The predicted molar refractivity (Wildman–Crippen MR) is 63.4 cm³/mol. The molecule has 102 valence electrons. The molecule has 2 amide bonds. The summed E-state index contributed by atoms with van der Waals surface area (Å²) in [6.45, 7) is 1.50. The fourth-order valence-corrected chi connectivity index (χ4v) is 2.64. The Bertz CT molecular complexity index is 520. The van der Waals surface area contributed by atoms with Crippen LogP contribution in [0.15, 0.2) is 23.4 Å². The monoisotopic (exact) mass is 266 g/mol. The molecule has 0 spiro atoms. The van der Waals surface area contributed by atoms with Crippen molar-refractivity contribution in [2.24, 2.45) is 11.7 Å². The van der Waals surface area contributed by atoms with E-state index in [1.54, 1.807) is 0 Å². The van der Waals surface area contributed by atoms with E-state index in [1.165, 1.54) is 17.9 Å². The number of allylic oxidation sites excluding steroid dienone is 1. The number of carboxylic acid groups (broad SMARTS) is 1. The van der Waals surface area contributed by atoms with Crippen LogP contribution >= 0.6 is 0 Å². The minimum absolute atomic E-state index is 0.135. The lowest BCUT2D eigenvalue weighted by Crippen LogP contribution is -2.61. The quantitative estimate of drug-likeness (QED) is 0.444. The molecule has 0 radical (unpaired) electrons. The zero-order valence-corrected chi connectivity index (χ0v) is 10.2. The number of hydrogen-bond donors (Lipinski definition) is 3. The molecule has 0 bridgehead atoms. The third kappa shape index (κ3) is 2.01. The van der Waals surface area contributed by atoms with Crippen LogP contribution in [0.5, 0.6) is 0 Å². The number of hydrogen-bond acceptors (Lipinski definition) is 4. The second-order valence-electron chi connectivity index (χ2n) is 4.66. The molecule has 7 nitrogen and oxygen atoms in total. The minimum Gasteiger partial charge on any atom is -0.477 e. The molecule has 0 aromatic rings. The largest absolute Gasteiger partial charge is 0.477 e. The van der Waals surface area contributed by atoms with Crippen molar-refractivity contribution in [2.45, 2.75) is 25.5 Å². The molecular weight excluding hydrogens is 252 g/mol. The number of rotatable bonds is 4. The van der Waals surface area contributed by atoms with Gasteiger partial charge in [0.05, 0.1) is 18.1 Å². The number of aliphatic hydroxyl groups excluding tert-OH is 1. The number of fused-ring (bicyclic) bond motifs is 1. The highest BCUT2D eigenvalue weighted by atomic mass is 16.4. The molecule has 0 aliphatic carbocycles. The number of β-lactam (4-membered cyclic amide) rings is 1. The number of nitrogens with two attached hydrogens (primary N) is 1. The van der Waals surface area contributed by atoms with E-state index in [2.05, 4.69) is 0 Å². The van der Waals surface area contributed by atoms with Gasteiger partial charge >= 0.3 is 5.97 Å². The van der Waals surface area contributed by atoms with Crippen LogP contribution in [-0.2, 0) is 14.4 Å². The van der Waals surface area contributed by atoms with E-state index in [0.717, 1.165) is 6.08 Å². The van der Waals surface area contributed by atoms with Gasteiger partial charge in [-0.05, 0) is 18.9 Å². The van der Waals surface area contributed by atoms with Gasteiger partial charge in [-0.3, -0.25) is 9.59 Å². The van der Waals surface area contributed by atoms with E-state index in [9.17, 15) is 19.5 Å². The first-order chi connectivity index (χ1) is 8.84. The molecule has 2 rings (SSSR count). The van der Waals surface area contributed by atoms with Crippen LogP contribution in [0.3, 0.4) is 0 Å². The fraction of sp³-hybridized carbons (Fsp3) is 0.417. The van der Waals surface area contributed by atoms with Crippen molar-refractivity contribution in [3.05, 3.63) is 23.4 Å². The Hall–Kier alpha value is -2.15. The predicted octanol–water partition coefficient (Wildman–Crippen LogP) is -1.02. The van der Waals surface area contributed by atoms with Crippen LogP contribution in [0.1, 0.15) is 13.3 Å². The normalized spacial score (nSPS) is 27.5. The van der Waals surface area contributed by atoms with Crippen LogP contribution in [-0.4, -0.2) is 45.0 Å². The maximum absolute atomic E-state index is 11.8. The van der Waals surface area contributed by atoms with Crippen molar-refractivity contribution in [1.82, 2.24) is 4.90 Å². The smallest absolute Gasteiger partial charge is 0.352 e. The number of carboxylic acids is 1.